The van der Waals surface area contributed by atoms with Crippen molar-refractivity contribution in [3.8, 4) is 5.75 Å². The van der Waals surface area contributed by atoms with Gasteiger partial charge in [0.15, 0.2) is 5.69 Å². The highest BCUT2D eigenvalue weighted by Crippen LogP contribution is 2.60. The number of nitrogens with one attached hydrogen (secondary N) is 1. The Hall–Kier alpha value is -1.58. The molecule has 0 spiro atoms. The zero-order chi connectivity index (χ0) is 14.6. The summed E-state index contributed by atoms with van der Waals surface area (Å²) in [5.74, 6) is 3.41. The van der Waals surface area contributed by atoms with Crippen molar-refractivity contribution in [2.75, 3.05) is 0 Å². The molecule has 3 aliphatic carbocycles. The third kappa shape index (κ3) is 1.88. The van der Waals surface area contributed by atoms with Gasteiger partial charge in [0.05, 0.1) is 0 Å². The second kappa shape index (κ2) is 4.72. The van der Waals surface area contributed by atoms with Gasteiger partial charge in [-0.3, -0.25) is 4.79 Å². The van der Waals surface area contributed by atoms with Crippen LogP contribution in [0.2, 0.25) is 0 Å². The number of pyridine rings is 1. The van der Waals surface area contributed by atoms with Gasteiger partial charge in [0.25, 0.3) is 5.91 Å². The first kappa shape index (κ1) is 13.1. The summed E-state index contributed by atoms with van der Waals surface area (Å²) >= 11 is 0. The quantitative estimate of drug-likeness (QED) is 0.878. The van der Waals surface area contributed by atoms with E-state index in [9.17, 15) is 9.90 Å². The molecule has 6 atom stereocenters. The smallest absolute Gasteiger partial charge is 0.273 e. The lowest BCUT2D eigenvalue weighted by Gasteiger charge is -2.36. The number of carbonyl (C=O) groups excluding carboxylic acids is 1. The number of rotatable bonds is 2. The minimum Gasteiger partial charge on any atom is -0.505 e. The largest absolute Gasteiger partial charge is 0.505 e. The van der Waals surface area contributed by atoms with Crippen molar-refractivity contribution < 1.29 is 9.90 Å². The van der Waals surface area contributed by atoms with Crippen molar-refractivity contribution in [3.05, 3.63) is 24.0 Å². The Kier molecular flexibility index (Phi) is 2.95. The first-order valence-electron chi connectivity index (χ1n) is 8.11. The highest BCUT2D eigenvalue weighted by atomic mass is 16.3. The lowest BCUT2D eigenvalue weighted by Crippen LogP contribution is -2.47. The summed E-state index contributed by atoms with van der Waals surface area (Å²) < 4.78 is 0. The molecular formula is C17H22N2O2. The third-order valence-electron chi connectivity index (χ3n) is 6.27. The number of amides is 1. The lowest BCUT2D eigenvalue weighted by atomic mass is 9.73. The van der Waals surface area contributed by atoms with E-state index in [2.05, 4.69) is 17.2 Å². The van der Waals surface area contributed by atoms with Gasteiger partial charge in [0.2, 0.25) is 0 Å². The van der Waals surface area contributed by atoms with E-state index in [0.29, 0.717) is 11.8 Å². The topological polar surface area (TPSA) is 62.2 Å². The van der Waals surface area contributed by atoms with Gasteiger partial charge in [-0.25, -0.2) is 4.98 Å². The normalized spacial score (nSPS) is 40.2. The molecule has 2 unspecified atom stereocenters. The van der Waals surface area contributed by atoms with E-state index in [1.807, 2.05) is 0 Å². The fourth-order valence-corrected chi connectivity index (χ4v) is 5.45. The molecule has 1 aromatic rings. The Morgan fingerprint density at radius 3 is 2.81 bits per heavy atom. The molecule has 0 radical (unpaired) electrons. The van der Waals surface area contributed by atoms with E-state index in [1.54, 1.807) is 12.3 Å². The maximum Gasteiger partial charge on any atom is 0.273 e. The summed E-state index contributed by atoms with van der Waals surface area (Å²) in [5.41, 5.74) is 0.149. The molecule has 3 saturated carbocycles. The average Bonchev–Trinajstić information content (AvgIpc) is 3.12. The van der Waals surface area contributed by atoms with Gasteiger partial charge in [-0.15, -0.1) is 0 Å². The standard InChI is InChI=1S/C17H22N2O2/c1-9-12-8-13(11-5-2-4-10(11)12)15(9)19-17(21)16-14(20)6-3-7-18-16/h3,6-7,9-13,15,20H,2,4-5,8H2,1H3,(H,19,21)/t9-,10+,11-,12?,13?,15+/m0/s1. The van der Waals surface area contributed by atoms with E-state index in [4.69, 9.17) is 0 Å². The van der Waals surface area contributed by atoms with E-state index in [0.717, 1.165) is 17.8 Å². The summed E-state index contributed by atoms with van der Waals surface area (Å²) in [4.78, 5) is 16.4. The van der Waals surface area contributed by atoms with Crippen LogP contribution in [0.4, 0.5) is 0 Å². The number of fused-ring (bicyclic) bond motifs is 5. The first-order valence-corrected chi connectivity index (χ1v) is 8.11. The van der Waals surface area contributed by atoms with Crippen LogP contribution in [0.25, 0.3) is 0 Å². The Labute approximate surface area is 125 Å². The van der Waals surface area contributed by atoms with Gasteiger partial charge in [-0.05, 0) is 61.0 Å². The van der Waals surface area contributed by atoms with Gasteiger partial charge >= 0.3 is 0 Å². The van der Waals surface area contributed by atoms with Crippen molar-refractivity contribution in [1.82, 2.24) is 10.3 Å². The molecule has 1 aromatic heterocycles. The number of hydrogen-bond acceptors (Lipinski definition) is 3. The summed E-state index contributed by atoms with van der Waals surface area (Å²) in [5, 5.41) is 12.9. The van der Waals surface area contributed by atoms with E-state index >= 15 is 0 Å². The molecule has 4 rings (SSSR count). The van der Waals surface area contributed by atoms with Crippen LogP contribution < -0.4 is 5.32 Å². The van der Waals surface area contributed by atoms with Gasteiger partial charge in [0.1, 0.15) is 5.75 Å². The molecule has 4 nitrogen and oxygen atoms in total. The summed E-state index contributed by atoms with van der Waals surface area (Å²) in [6.45, 7) is 2.28. The van der Waals surface area contributed by atoms with Crippen molar-refractivity contribution >= 4 is 5.91 Å². The second-order valence-corrected chi connectivity index (χ2v) is 7.05. The highest BCUT2D eigenvalue weighted by molar-refractivity contribution is 5.95. The molecule has 21 heavy (non-hydrogen) atoms. The molecule has 0 aliphatic heterocycles. The van der Waals surface area contributed by atoms with Crippen LogP contribution in [0.3, 0.4) is 0 Å². The van der Waals surface area contributed by atoms with Crippen LogP contribution in [0, 0.1) is 29.6 Å². The Bertz CT molecular complexity index is 574. The zero-order valence-electron chi connectivity index (χ0n) is 12.3. The van der Waals surface area contributed by atoms with Gasteiger partial charge in [-0.2, -0.15) is 0 Å². The molecule has 1 heterocycles. The predicted octanol–water partition coefficient (Wildman–Crippen LogP) is 2.59. The first-order chi connectivity index (χ1) is 10.2. The Morgan fingerprint density at radius 2 is 2.05 bits per heavy atom. The maximum absolute atomic E-state index is 12.4. The van der Waals surface area contributed by atoms with Crippen LogP contribution >= 0.6 is 0 Å². The fourth-order valence-electron chi connectivity index (χ4n) is 5.45. The zero-order valence-corrected chi connectivity index (χ0v) is 12.3. The molecule has 0 saturated heterocycles. The summed E-state index contributed by atoms with van der Waals surface area (Å²) in [6.07, 6.45) is 6.90. The van der Waals surface area contributed by atoms with Crippen LogP contribution in [0.1, 0.15) is 43.1 Å². The van der Waals surface area contributed by atoms with Gasteiger partial charge < -0.3 is 10.4 Å². The number of aromatic hydroxyl groups is 1. The molecule has 3 fully saturated rings. The van der Waals surface area contributed by atoms with Crippen molar-refractivity contribution in [2.24, 2.45) is 29.6 Å². The third-order valence-corrected chi connectivity index (χ3v) is 6.27. The van der Waals surface area contributed by atoms with Crippen LogP contribution in [0.5, 0.6) is 5.75 Å². The molecule has 112 valence electrons. The molecule has 2 N–H and O–H groups in total. The van der Waals surface area contributed by atoms with Crippen LogP contribution in [0.15, 0.2) is 18.3 Å². The average molecular weight is 286 g/mol. The number of hydrogen-bond donors (Lipinski definition) is 2. The lowest BCUT2D eigenvalue weighted by molar-refractivity contribution is 0.0847. The minimum absolute atomic E-state index is 0.0375. The van der Waals surface area contributed by atoms with E-state index < -0.39 is 0 Å². The molecule has 2 bridgehead atoms. The van der Waals surface area contributed by atoms with Gasteiger partial charge in [0, 0.05) is 12.2 Å². The monoisotopic (exact) mass is 286 g/mol. The molecule has 3 aliphatic rings. The second-order valence-electron chi connectivity index (χ2n) is 7.05. The number of carbonyl (C=O) groups is 1. The Morgan fingerprint density at radius 1 is 1.29 bits per heavy atom. The molecule has 0 aromatic carbocycles. The molecular weight excluding hydrogens is 264 g/mol. The number of nitrogens with zero attached hydrogens (tertiary/aromatic N) is 1. The van der Waals surface area contributed by atoms with Crippen molar-refractivity contribution in [1.29, 1.82) is 0 Å². The summed E-state index contributed by atoms with van der Waals surface area (Å²) in [6, 6.07) is 3.40. The highest BCUT2D eigenvalue weighted by Gasteiger charge is 2.57. The summed E-state index contributed by atoms with van der Waals surface area (Å²) in [7, 11) is 0. The van der Waals surface area contributed by atoms with Gasteiger partial charge in [-0.1, -0.05) is 13.3 Å². The fraction of sp³-hybridized carbons (Fsp3) is 0.647. The Balaban J connectivity index is 1.53. The number of aromatic nitrogens is 1. The van der Waals surface area contributed by atoms with E-state index in [-0.39, 0.29) is 23.4 Å². The van der Waals surface area contributed by atoms with Crippen LogP contribution in [-0.2, 0) is 0 Å². The minimum atomic E-state index is -0.230. The molecule has 4 heteroatoms. The van der Waals surface area contributed by atoms with Crippen LogP contribution in [-0.4, -0.2) is 22.0 Å². The van der Waals surface area contributed by atoms with E-state index in [1.165, 1.54) is 31.7 Å². The molecule has 1 amide bonds. The SMILES string of the molecule is C[C@H]1C2CC([C@H]3CCC[C@@H]23)[C@@H]1NC(=O)c1ncccc1O. The predicted molar refractivity (Wildman–Crippen MR) is 78.7 cm³/mol. The maximum atomic E-state index is 12.4. The van der Waals surface area contributed by atoms with Crippen molar-refractivity contribution in [2.45, 2.75) is 38.6 Å². The van der Waals surface area contributed by atoms with Crippen molar-refractivity contribution in [3.63, 3.8) is 0 Å².